The van der Waals surface area contributed by atoms with E-state index >= 15 is 0 Å². The predicted octanol–water partition coefficient (Wildman–Crippen LogP) is 2.44. The van der Waals surface area contributed by atoms with Crippen LogP contribution in [0.3, 0.4) is 0 Å². The van der Waals surface area contributed by atoms with Crippen LogP contribution in [0.15, 0.2) is 30.3 Å². The summed E-state index contributed by atoms with van der Waals surface area (Å²) >= 11 is 0. The number of methoxy groups -OCH3 is 1. The maximum Gasteiger partial charge on any atom is 0.307 e. The molecule has 0 N–H and O–H groups in total. The van der Waals surface area contributed by atoms with Crippen molar-refractivity contribution < 1.29 is 19.1 Å². The molecule has 0 bridgehead atoms. The highest BCUT2D eigenvalue weighted by atomic mass is 16.5. The third kappa shape index (κ3) is 8.35. The molecular formula is C18H27NO4. The predicted molar refractivity (Wildman–Crippen MR) is 89.1 cm³/mol. The maximum atomic E-state index is 12.5. The molecule has 0 radical (unpaired) electrons. The molecule has 23 heavy (non-hydrogen) atoms. The first-order chi connectivity index (χ1) is 11.0. The van der Waals surface area contributed by atoms with Crippen molar-refractivity contribution in [1.29, 1.82) is 0 Å². The van der Waals surface area contributed by atoms with Crippen LogP contribution >= 0.6 is 0 Å². The van der Waals surface area contributed by atoms with Crippen LogP contribution in [-0.2, 0) is 25.5 Å². The maximum absolute atomic E-state index is 12.5. The van der Waals surface area contributed by atoms with Gasteiger partial charge in [-0.25, -0.2) is 0 Å². The first-order valence-electron chi connectivity index (χ1n) is 8.03. The molecule has 0 unspecified atom stereocenters. The fourth-order valence-corrected chi connectivity index (χ4v) is 2.15. The van der Waals surface area contributed by atoms with Crippen molar-refractivity contribution in [2.75, 3.05) is 26.8 Å². The summed E-state index contributed by atoms with van der Waals surface area (Å²) < 4.78 is 10.2. The number of rotatable bonds is 10. The Morgan fingerprint density at radius 1 is 1.13 bits per heavy atom. The van der Waals surface area contributed by atoms with Gasteiger partial charge in [-0.15, -0.1) is 0 Å². The van der Waals surface area contributed by atoms with Gasteiger partial charge in [0.05, 0.1) is 26.1 Å². The lowest BCUT2D eigenvalue weighted by atomic mass is 10.1. The molecular weight excluding hydrogens is 294 g/mol. The minimum absolute atomic E-state index is 0.0182. The van der Waals surface area contributed by atoms with Crippen molar-refractivity contribution in [3.8, 4) is 0 Å². The molecule has 0 aliphatic heterocycles. The molecule has 0 spiro atoms. The number of nitrogens with zero attached hydrogens (tertiary/aromatic N) is 1. The van der Waals surface area contributed by atoms with Gasteiger partial charge in [0.2, 0.25) is 5.91 Å². The number of esters is 1. The third-order valence-electron chi connectivity index (χ3n) is 3.39. The van der Waals surface area contributed by atoms with E-state index in [0.29, 0.717) is 26.1 Å². The summed E-state index contributed by atoms with van der Waals surface area (Å²) in [4.78, 5) is 25.5. The smallest absolute Gasteiger partial charge is 0.307 e. The number of amides is 1. The van der Waals surface area contributed by atoms with Crippen LogP contribution < -0.4 is 0 Å². The van der Waals surface area contributed by atoms with Crippen molar-refractivity contribution in [2.24, 2.45) is 0 Å². The second-order valence-electron chi connectivity index (χ2n) is 5.64. The monoisotopic (exact) mass is 321 g/mol. The Balaban J connectivity index is 2.54. The molecule has 128 valence electrons. The van der Waals surface area contributed by atoms with Crippen LogP contribution in [0.25, 0.3) is 0 Å². The molecule has 1 aromatic carbocycles. The van der Waals surface area contributed by atoms with Crippen molar-refractivity contribution in [1.82, 2.24) is 4.90 Å². The number of benzene rings is 1. The lowest BCUT2D eigenvalue weighted by Crippen LogP contribution is -2.35. The van der Waals surface area contributed by atoms with E-state index in [2.05, 4.69) is 4.74 Å². The molecule has 0 atom stereocenters. The van der Waals surface area contributed by atoms with Crippen LogP contribution in [-0.4, -0.2) is 49.7 Å². The third-order valence-corrected chi connectivity index (χ3v) is 3.39. The number of carbonyl (C=O) groups excluding carboxylic acids is 2. The Kier molecular flexibility index (Phi) is 8.98. The van der Waals surface area contributed by atoms with Crippen LogP contribution in [0.5, 0.6) is 0 Å². The highest BCUT2D eigenvalue weighted by molar-refractivity contribution is 5.79. The molecule has 0 saturated heterocycles. The minimum Gasteiger partial charge on any atom is -0.469 e. The fourth-order valence-electron chi connectivity index (χ4n) is 2.15. The summed E-state index contributed by atoms with van der Waals surface area (Å²) in [6.07, 6.45) is 1.48. The second-order valence-corrected chi connectivity index (χ2v) is 5.64. The molecule has 5 nitrogen and oxygen atoms in total. The van der Waals surface area contributed by atoms with Crippen molar-refractivity contribution in [3.05, 3.63) is 35.9 Å². The zero-order valence-electron chi connectivity index (χ0n) is 14.3. The Bertz CT molecular complexity index is 473. The highest BCUT2D eigenvalue weighted by Gasteiger charge is 2.15. The number of ether oxygens (including phenoxy) is 2. The van der Waals surface area contributed by atoms with Crippen molar-refractivity contribution in [2.45, 2.75) is 39.2 Å². The van der Waals surface area contributed by atoms with E-state index in [0.717, 1.165) is 12.0 Å². The molecule has 1 rings (SSSR count). The molecule has 1 amide bonds. The van der Waals surface area contributed by atoms with Crippen molar-refractivity contribution >= 4 is 11.9 Å². The van der Waals surface area contributed by atoms with Gasteiger partial charge in [-0.05, 0) is 25.8 Å². The van der Waals surface area contributed by atoms with Crippen LogP contribution in [0.2, 0.25) is 0 Å². The van der Waals surface area contributed by atoms with Gasteiger partial charge in [0, 0.05) is 19.7 Å². The lowest BCUT2D eigenvalue weighted by Gasteiger charge is -2.22. The molecule has 0 aliphatic rings. The Labute approximate surface area is 138 Å². The van der Waals surface area contributed by atoms with E-state index in [1.165, 1.54) is 7.11 Å². The molecule has 0 saturated carbocycles. The number of hydrogen-bond donors (Lipinski definition) is 0. The second kappa shape index (κ2) is 10.8. The Morgan fingerprint density at radius 2 is 1.83 bits per heavy atom. The molecule has 0 aliphatic carbocycles. The van der Waals surface area contributed by atoms with Gasteiger partial charge in [0.25, 0.3) is 0 Å². The largest absolute Gasteiger partial charge is 0.469 e. The van der Waals surface area contributed by atoms with Crippen LogP contribution in [0, 0.1) is 0 Å². The van der Waals surface area contributed by atoms with Gasteiger partial charge in [0.1, 0.15) is 0 Å². The van der Waals surface area contributed by atoms with Gasteiger partial charge >= 0.3 is 5.97 Å². The summed E-state index contributed by atoms with van der Waals surface area (Å²) in [5.74, 6) is -0.286. The summed E-state index contributed by atoms with van der Waals surface area (Å²) in [5.41, 5.74) is 0.971. The van der Waals surface area contributed by atoms with Gasteiger partial charge in [0.15, 0.2) is 0 Å². The highest BCUT2D eigenvalue weighted by Crippen LogP contribution is 2.05. The summed E-state index contributed by atoms with van der Waals surface area (Å²) in [6, 6.07) is 9.61. The van der Waals surface area contributed by atoms with Gasteiger partial charge < -0.3 is 14.4 Å². The number of carbonyl (C=O) groups is 2. The SMILES string of the molecule is COC(=O)CCN(CCCOC(C)C)C(=O)Cc1ccccc1. The minimum atomic E-state index is -0.305. The van der Waals surface area contributed by atoms with Crippen LogP contribution in [0.4, 0.5) is 0 Å². The molecule has 5 heteroatoms. The average molecular weight is 321 g/mol. The zero-order chi connectivity index (χ0) is 17.1. The average Bonchev–Trinajstić information content (AvgIpc) is 2.54. The van der Waals surface area contributed by atoms with E-state index in [4.69, 9.17) is 4.74 Å². The van der Waals surface area contributed by atoms with Crippen molar-refractivity contribution in [3.63, 3.8) is 0 Å². The van der Waals surface area contributed by atoms with Gasteiger partial charge in [-0.2, -0.15) is 0 Å². The van der Waals surface area contributed by atoms with E-state index in [9.17, 15) is 9.59 Å². The Hall–Kier alpha value is -1.88. The molecule has 1 aromatic rings. The zero-order valence-corrected chi connectivity index (χ0v) is 14.3. The normalized spacial score (nSPS) is 10.6. The fraction of sp³-hybridized carbons (Fsp3) is 0.556. The van der Waals surface area contributed by atoms with E-state index in [1.54, 1.807) is 4.90 Å². The summed E-state index contributed by atoms with van der Waals surface area (Å²) in [6.45, 7) is 5.52. The molecule has 0 fully saturated rings. The quantitative estimate of drug-likeness (QED) is 0.490. The lowest BCUT2D eigenvalue weighted by molar-refractivity contribution is -0.141. The van der Waals surface area contributed by atoms with Crippen LogP contribution in [0.1, 0.15) is 32.3 Å². The number of hydrogen-bond acceptors (Lipinski definition) is 4. The standard InChI is InChI=1S/C18H27NO4/c1-15(2)23-13-7-11-19(12-10-18(21)22-3)17(20)14-16-8-5-4-6-9-16/h4-6,8-9,15H,7,10-14H2,1-3H3. The molecule has 0 heterocycles. The van der Waals surface area contributed by atoms with E-state index in [-0.39, 0.29) is 24.4 Å². The van der Waals surface area contributed by atoms with Gasteiger partial charge in [-0.3, -0.25) is 9.59 Å². The molecule has 0 aromatic heterocycles. The first kappa shape index (κ1) is 19.2. The topological polar surface area (TPSA) is 55.8 Å². The first-order valence-corrected chi connectivity index (χ1v) is 8.03. The van der Waals surface area contributed by atoms with Gasteiger partial charge in [-0.1, -0.05) is 30.3 Å². The summed E-state index contributed by atoms with van der Waals surface area (Å²) in [5, 5.41) is 0. The van der Waals surface area contributed by atoms with E-state index in [1.807, 2.05) is 44.2 Å². The summed E-state index contributed by atoms with van der Waals surface area (Å²) in [7, 11) is 1.36. The Morgan fingerprint density at radius 3 is 2.43 bits per heavy atom. The van der Waals surface area contributed by atoms with E-state index < -0.39 is 0 Å².